The van der Waals surface area contributed by atoms with Crippen molar-refractivity contribution in [3.8, 4) is 0 Å². The molecule has 1 aromatic rings. The van der Waals surface area contributed by atoms with Gasteiger partial charge in [-0.15, -0.1) is 0 Å². The molecule has 0 spiro atoms. The standard InChI is InChI=1S/C13H21N3O/c1-4-13(14,5-2)9-16-12(17)11-10(3)7-6-8-15-11/h6-8H,4-5,9,14H2,1-3H3,(H,16,17). The Kier molecular flexibility index (Phi) is 4.63. The molecule has 17 heavy (non-hydrogen) atoms. The van der Waals surface area contributed by atoms with E-state index in [1.807, 2.05) is 32.9 Å². The van der Waals surface area contributed by atoms with E-state index < -0.39 is 0 Å². The van der Waals surface area contributed by atoms with Gasteiger partial charge in [-0.25, -0.2) is 0 Å². The van der Waals surface area contributed by atoms with Gasteiger partial charge < -0.3 is 11.1 Å². The minimum absolute atomic E-state index is 0.153. The van der Waals surface area contributed by atoms with Crippen LogP contribution >= 0.6 is 0 Å². The molecule has 3 N–H and O–H groups in total. The van der Waals surface area contributed by atoms with Crippen LogP contribution in [0.15, 0.2) is 18.3 Å². The molecule has 0 aliphatic carbocycles. The van der Waals surface area contributed by atoms with E-state index in [2.05, 4.69) is 10.3 Å². The zero-order valence-corrected chi connectivity index (χ0v) is 10.8. The smallest absolute Gasteiger partial charge is 0.270 e. The molecule has 0 saturated carbocycles. The van der Waals surface area contributed by atoms with Crippen molar-refractivity contribution in [3.63, 3.8) is 0 Å². The van der Waals surface area contributed by atoms with E-state index in [1.165, 1.54) is 0 Å². The fourth-order valence-electron chi connectivity index (χ4n) is 1.56. The van der Waals surface area contributed by atoms with Gasteiger partial charge in [-0.3, -0.25) is 9.78 Å². The fourth-order valence-corrected chi connectivity index (χ4v) is 1.56. The minimum Gasteiger partial charge on any atom is -0.349 e. The van der Waals surface area contributed by atoms with Crippen LogP contribution in [0.5, 0.6) is 0 Å². The van der Waals surface area contributed by atoms with Crippen LogP contribution in [0, 0.1) is 6.92 Å². The topological polar surface area (TPSA) is 68.0 Å². The highest BCUT2D eigenvalue weighted by atomic mass is 16.1. The molecule has 0 aliphatic heterocycles. The average molecular weight is 235 g/mol. The number of nitrogens with one attached hydrogen (secondary N) is 1. The normalized spacial score (nSPS) is 11.3. The van der Waals surface area contributed by atoms with E-state index in [9.17, 15) is 4.79 Å². The molecule has 0 aliphatic rings. The Morgan fingerprint density at radius 3 is 2.65 bits per heavy atom. The summed E-state index contributed by atoms with van der Waals surface area (Å²) in [4.78, 5) is 16.0. The second-order valence-corrected chi connectivity index (χ2v) is 4.42. The Balaban J connectivity index is 2.65. The van der Waals surface area contributed by atoms with Crippen molar-refractivity contribution in [2.45, 2.75) is 39.2 Å². The van der Waals surface area contributed by atoms with E-state index >= 15 is 0 Å². The highest BCUT2D eigenvalue weighted by molar-refractivity contribution is 5.93. The van der Waals surface area contributed by atoms with Gasteiger partial charge in [-0.2, -0.15) is 0 Å². The van der Waals surface area contributed by atoms with Crippen molar-refractivity contribution >= 4 is 5.91 Å². The lowest BCUT2D eigenvalue weighted by molar-refractivity contribution is 0.0936. The van der Waals surface area contributed by atoms with Gasteiger partial charge in [-0.1, -0.05) is 19.9 Å². The maximum atomic E-state index is 11.9. The molecule has 94 valence electrons. The molecule has 1 aromatic heterocycles. The average Bonchev–Trinajstić information content (AvgIpc) is 2.36. The van der Waals surface area contributed by atoms with Crippen LogP contribution in [0.2, 0.25) is 0 Å². The van der Waals surface area contributed by atoms with Crippen molar-refractivity contribution in [1.29, 1.82) is 0 Å². The van der Waals surface area contributed by atoms with Gasteiger partial charge in [0.25, 0.3) is 5.91 Å². The molecule has 0 bridgehead atoms. The molecule has 1 rings (SSSR count). The number of pyridine rings is 1. The highest BCUT2D eigenvalue weighted by Gasteiger charge is 2.21. The number of hydrogen-bond acceptors (Lipinski definition) is 3. The summed E-state index contributed by atoms with van der Waals surface area (Å²) >= 11 is 0. The van der Waals surface area contributed by atoms with Gasteiger partial charge in [0.05, 0.1) is 0 Å². The van der Waals surface area contributed by atoms with E-state index in [0.29, 0.717) is 12.2 Å². The van der Waals surface area contributed by atoms with Gasteiger partial charge in [0.15, 0.2) is 0 Å². The predicted octanol–water partition coefficient (Wildman–Crippen LogP) is 1.64. The Morgan fingerprint density at radius 2 is 2.12 bits per heavy atom. The SMILES string of the molecule is CCC(N)(CC)CNC(=O)c1ncccc1C. The first-order chi connectivity index (χ1) is 8.02. The van der Waals surface area contributed by atoms with E-state index in [0.717, 1.165) is 18.4 Å². The molecule has 1 heterocycles. The molecule has 0 radical (unpaired) electrons. The van der Waals surface area contributed by atoms with Crippen LogP contribution in [0.25, 0.3) is 0 Å². The molecule has 4 heteroatoms. The third-order valence-electron chi connectivity index (χ3n) is 3.23. The Morgan fingerprint density at radius 1 is 1.47 bits per heavy atom. The monoisotopic (exact) mass is 235 g/mol. The van der Waals surface area contributed by atoms with Gasteiger partial charge in [0.2, 0.25) is 0 Å². The lowest BCUT2D eigenvalue weighted by Gasteiger charge is -2.26. The largest absolute Gasteiger partial charge is 0.349 e. The van der Waals surface area contributed by atoms with Crippen LogP contribution in [0.3, 0.4) is 0 Å². The zero-order chi connectivity index (χ0) is 12.9. The number of nitrogens with zero attached hydrogens (tertiary/aromatic N) is 1. The first-order valence-electron chi connectivity index (χ1n) is 6.01. The molecular weight excluding hydrogens is 214 g/mol. The first-order valence-corrected chi connectivity index (χ1v) is 6.01. The summed E-state index contributed by atoms with van der Waals surface area (Å²) in [5.74, 6) is -0.153. The molecule has 0 aromatic carbocycles. The molecule has 1 amide bonds. The summed E-state index contributed by atoms with van der Waals surface area (Å²) in [7, 11) is 0. The Hall–Kier alpha value is -1.42. The third kappa shape index (κ3) is 3.53. The second-order valence-electron chi connectivity index (χ2n) is 4.42. The van der Waals surface area contributed by atoms with E-state index in [-0.39, 0.29) is 11.4 Å². The van der Waals surface area contributed by atoms with Crippen molar-refractivity contribution in [2.24, 2.45) is 5.73 Å². The van der Waals surface area contributed by atoms with Crippen molar-refractivity contribution < 1.29 is 4.79 Å². The maximum absolute atomic E-state index is 11.9. The number of aryl methyl sites for hydroxylation is 1. The van der Waals surface area contributed by atoms with Crippen LogP contribution in [0.1, 0.15) is 42.7 Å². The number of amides is 1. The molecular formula is C13H21N3O. The molecule has 0 fully saturated rings. The van der Waals surface area contributed by atoms with Crippen LogP contribution in [0.4, 0.5) is 0 Å². The Labute approximate surface area is 103 Å². The summed E-state index contributed by atoms with van der Waals surface area (Å²) < 4.78 is 0. The van der Waals surface area contributed by atoms with E-state index in [4.69, 9.17) is 5.73 Å². The van der Waals surface area contributed by atoms with Gasteiger partial charge in [-0.05, 0) is 31.4 Å². The molecule has 4 nitrogen and oxygen atoms in total. The van der Waals surface area contributed by atoms with Crippen molar-refractivity contribution in [1.82, 2.24) is 10.3 Å². The molecule has 0 saturated heterocycles. The molecule has 0 atom stereocenters. The number of aromatic nitrogens is 1. The Bertz CT molecular complexity index is 386. The lowest BCUT2D eigenvalue weighted by Crippen LogP contribution is -2.49. The quantitative estimate of drug-likeness (QED) is 0.815. The van der Waals surface area contributed by atoms with Crippen LogP contribution in [-0.4, -0.2) is 23.0 Å². The summed E-state index contributed by atoms with van der Waals surface area (Å²) in [6.07, 6.45) is 3.30. The number of hydrogen-bond donors (Lipinski definition) is 2. The van der Waals surface area contributed by atoms with Gasteiger partial charge in [0.1, 0.15) is 5.69 Å². The van der Waals surface area contributed by atoms with Crippen molar-refractivity contribution in [3.05, 3.63) is 29.6 Å². The third-order valence-corrected chi connectivity index (χ3v) is 3.23. The summed E-state index contributed by atoms with van der Waals surface area (Å²) in [6, 6.07) is 3.69. The van der Waals surface area contributed by atoms with E-state index in [1.54, 1.807) is 6.20 Å². The minimum atomic E-state index is -0.321. The number of rotatable bonds is 5. The summed E-state index contributed by atoms with van der Waals surface area (Å²) in [5.41, 5.74) is 7.15. The fraction of sp³-hybridized carbons (Fsp3) is 0.538. The number of carbonyl (C=O) groups is 1. The van der Waals surface area contributed by atoms with Crippen LogP contribution in [-0.2, 0) is 0 Å². The first kappa shape index (κ1) is 13.6. The summed E-state index contributed by atoms with van der Waals surface area (Å²) in [6.45, 7) is 6.41. The predicted molar refractivity (Wildman–Crippen MR) is 68.8 cm³/mol. The zero-order valence-electron chi connectivity index (χ0n) is 10.8. The lowest BCUT2D eigenvalue weighted by atomic mass is 9.94. The maximum Gasteiger partial charge on any atom is 0.270 e. The second kappa shape index (κ2) is 5.77. The van der Waals surface area contributed by atoms with Crippen LogP contribution < -0.4 is 11.1 Å². The number of nitrogens with two attached hydrogens (primary N) is 1. The number of carbonyl (C=O) groups excluding carboxylic acids is 1. The van der Waals surface area contributed by atoms with Gasteiger partial charge in [0, 0.05) is 18.3 Å². The highest BCUT2D eigenvalue weighted by Crippen LogP contribution is 2.10. The van der Waals surface area contributed by atoms with Crippen molar-refractivity contribution in [2.75, 3.05) is 6.54 Å². The molecule has 0 unspecified atom stereocenters. The van der Waals surface area contributed by atoms with Gasteiger partial charge >= 0.3 is 0 Å². The summed E-state index contributed by atoms with van der Waals surface area (Å²) in [5, 5.41) is 2.86.